The molecule has 0 aliphatic heterocycles. The number of thioether (sulfide) groups is 1. The number of amides is 1. The van der Waals surface area contributed by atoms with Crippen LogP contribution in [0.3, 0.4) is 0 Å². The van der Waals surface area contributed by atoms with Crippen LogP contribution in [0.5, 0.6) is 0 Å². The second kappa shape index (κ2) is 9.00. The zero-order valence-corrected chi connectivity index (χ0v) is 19.3. The maximum atomic E-state index is 12.6. The Hall–Kier alpha value is -3.39. The van der Waals surface area contributed by atoms with Crippen molar-refractivity contribution in [1.29, 1.82) is 0 Å². The van der Waals surface area contributed by atoms with Crippen molar-refractivity contribution in [3.63, 3.8) is 0 Å². The predicted molar refractivity (Wildman–Crippen MR) is 128 cm³/mol. The molecule has 0 saturated carbocycles. The van der Waals surface area contributed by atoms with Crippen LogP contribution in [0.4, 0.5) is 5.69 Å². The Morgan fingerprint density at radius 1 is 1.09 bits per heavy atom. The molecule has 0 aliphatic carbocycles. The summed E-state index contributed by atoms with van der Waals surface area (Å²) >= 11 is 1.22. The molecule has 32 heavy (non-hydrogen) atoms. The SMILES string of the molecule is CCc1ccc(-c2cc3c(=O)[nH]nc(SCC(=O)Nc4c(C)cc(C)cc4C)n3n2)cc1. The molecule has 0 fully saturated rings. The average molecular weight is 448 g/mol. The first-order chi connectivity index (χ1) is 15.4. The molecule has 0 aliphatic rings. The lowest BCUT2D eigenvalue weighted by Crippen LogP contribution is -2.18. The van der Waals surface area contributed by atoms with Gasteiger partial charge in [0.1, 0.15) is 5.52 Å². The van der Waals surface area contributed by atoms with Gasteiger partial charge >= 0.3 is 0 Å². The van der Waals surface area contributed by atoms with Crippen LogP contribution >= 0.6 is 11.8 Å². The van der Waals surface area contributed by atoms with E-state index in [2.05, 4.69) is 39.7 Å². The lowest BCUT2D eigenvalue weighted by atomic mass is 10.1. The molecule has 8 heteroatoms. The Balaban J connectivity index is 1.55. The fourth-order valence-corrected chi connectivity index (χ4v) is 4.42. The Labute approximate surface area is 190 Å². The summed E-state index contributed by atoms with van der Waals surface area (Å²) in [4.78, 5) is 24.9. The molecular formula is C24H25N5O2S. The molecule has 1 amide bonds. The summed E-state index contributed by atoms with van der Waals surface area (Å²) in [7, 11) is 0. The Kier molecular flexibility index (Phi) is 6.14. The van der Waals surface area contributed by atoms with Crippen LogP contribution in [0.1, 0.15) is 29.2 Å². The maximum absolute atomic E-state index is 12.6. The quantitative estimate of drug-likeness (QED) is 0.430. The van der Waals surface area contributed by atoms with Gasteiger partial charge in [-0.3, -0.25) is 9.59 Å². The molecule has 7 nitrogen and oxygen atoms in total. The summed E-state index contributed by atoms with van der Waals surface area (Å²) in [6.45, 7) is 8.10. The molecule has 164 valence electrons. The van der Waals surface area contributed by atoms with Gasteiger partial charge in [-0.15, -0.1) is 5.10 Å². The summed E-state index contributed by atoms with van der Waals surface area (Å²) in [6, 6.07) is 13.9. The number of carbonyl (C=O) groups is 1. The molecule has 0 unspecified atom stereocenters. The van der Waals surface area contributed by atoms with Crippen molar-refractivity contribution in [3.8, 4) is 11.3 Å². The van der Waals surface area contributed by atoms with Gasteiger partial charge in [-0.05, 0) is 49.9 Å². The van der Waals surface area contributed by atoms with Crippen molar-refractivity contribution in [2.75, 3.05) is 11.1 Å². The molecule has 0 atom stereocenters. The second-order valence-corrected chi connectivity index (χ2v) is 8.77. The average Bonchev–Trinajstić information content (AvgIpc) is 3.22. The molecule has 2 aromatic carbocycles. The number of hydrogen-bond donors (Lipinski definition) is 2. The number of aryl methyl sites for hydroxylation is 4. The number of carbonyl (C=O) groups excluding carboxylic acids is 1. The molecule has 0 spiro atoms. The van der Waals surface area contributed by atoms with Crippen LogP contribution in [0.15, 0.2) is 52.4 Å². The van der Waals surface area contributed by atoms with Crippen molar-refractivity contribution < 1.29 is 4.79 Å². The minimum atomic E-state index is -0.325. The number of rotatable bonds is 6. The van der Waals surface area contributed by atoms with E-state index in [0.717, 1.165) is 34.4 Å². The van der Waals surface area contributed by atoms with Crippen molar-refractivity contribution in [1.82, 2.24) is 19.8 Å². The van der Waals surface area contributed by atoms with Gasteiger partial charge in [0.05, 0.1) is 11.4 Å². The third-order valence-corrected chi connectivity index (χ3v) is 6.24. The third-order valence-electron chi connectivity index (χ3n) is 5.31. The van der Waals surface area contributed by atoms with Crippen molar-refractivity contribution >= 4 is 28.9 Å². The zero-order chi connectivity index (χ0) is 22.8. The number of fused-ring (bicyclic) bond motifs is 1. The molecule has 4 aromatic rings. The van der Waals surface area contributed by atoms with Crippen LogP contribution in [0, 0.1) is 20.8 Å². The molecule has 0 saturated heterocycles. The number of nitrogens with one attached hydrogen (secondary N) is 2. The van der Waals surface area contributed by atoms with Crippen molar-refractivity contribution in [2.24, 2.45) is 0 Å². The highest BCUT2D eigenvalue weighted by Crippen LogP contribution is 2.24. The minimum Gasteiger partial charge on any atom is -0.325 e. The van der Waals surface area contributed by atoms with Gasteiger partial charge in [-0.2, -0.15) is 5.10 Å². The van der Waals surface area contributed by atoms with Crippen LogP contribution in [0.2, 0.25) is 0 Å². The zero-order valence-electron chi connectivity index (χ0n) is 18.5. The van der Waals surface area contributed by atoms with E-state index in [1.807, 2.05) is 45.0 Å². The number of anilines is 1. The first kappa shape index (κ1) is 21.8. The van der Waals surface area contributed by atoms with Crippen molar-refractivity contribution in [3.05, 3.63) is 75.1 Å². The lowest BCUT2D eigenvalue weighted by Gasteiger charge is -2.12. The highest BCUT2D eigenvalue weighted by atomic mass is 32.2. The first-order valence-corrected chi connectivity index (χ1v) is 11.4. The van der Waals surface area contributed by atoms with E-state index in [1.54, 1.807) is 6.07 Å². The third kappa shape index (κ3) is 4.45. The number of nitrogens with zero attached hydrogens (tertiary/aromatic N) is 3. The largest absolute Gasteiger partial charge is 0.325 e. The smallest absolute Gasteiger partial charge is 0.290 e. The van der Waals surface area contributed by atoms with Crippen LogP contribution < -0.4 is 10.9 Å². The Morgan fingerprint density at radius 3 is 2.44 bits per heavy atom. The summed E-state index contributed by atoms with van der Waals surface area (Å²) in [5, 5.41) is 14.6. The number of hydrogen-bond acceptors (Lipinski definition) is 5. The highest BCUT2D eigenvalue weighted by molar-refractivity contribution is 7.99. The van der Waals surface area contributed by atoms with E-state index in [0.29, 0.717) is 16.4 Å². The molecule has 0 bridgehead atoms. The van der Waals surface area contributed by atoms with E-state index in [1.165, 1.54) is 21.8 Å². The van der Waals surface area contributed by atoms with Gasteiger partial charge < -0.3 is 5.32 Å². The van der Waals surface area contributed by atoms with Crippen molar-refractivity contribution in [2.45, 2.75) is 39.3 Å². The normalized spacial score (nSPS) is 11.1. The number of benzene rings is 2. The molecule has 4 rings (SSSR count). The predicted octanol–water partition coefficient (Wildman–Crippen LogP) is 4.30. The van der Waals surface area contributed by atoms with Gasteiger partial charge in [0.2, 0.25) is 11.1 Å². The molecular weight excluding hydrogens is 422 g/mol. The summed E-state index contributed by atoms with van der Waals surface area (Å²) < 4.78 is 1.50. The molecule has 2 N–H and O–H groups in total. The monoisotopic (exact) mass is 447 g/mol. The highest BCUT2D eigenvalue weighted by Gasteiger charge is 2.15. The van der Waals surface area contributed by atoms with Gasteiger partial charge in [-0.25, -0.2) is 9.61 Å². The molecule has 2 aromatic heterocycles. The summed E-state index contributed by atoms with van der Waals surface area (Å²) in [6.07, 6.45) is 0.958. The number of H-pyrrole nitrogens is 1. The maximum Gasteiger partial charge on any atom is 0.290 e. The molecule has 2 heterocycles. The van der Waals surface area contributed by atoms with E-state index < -0.39 is 0 Å². The van der Waals surface area contributed by atoms with Crippen LogP contribution in [-0.4, -0.2) is 31.5 Å². The van der Waals surface area contributed by atoms with E-state index in [-0.39, 0.29) is 17.2 Å². The minimum absolute atomic E-state index is 0.140. The van der Waals surface area contributed by atoms with Crippen LogP contribution in [0.25, 0.3) is 16.8 Å². The fraction of sp³-hybridized carbons (Fsp3) is 0.250. The fourth-order valence-electron chi connectivity index (χ4n) is 3.72. The summed E-state index contributed by atoms with van der Waals surface area (Å²) in [5.74, 6) is -0.00452. The molecule has 0 radical (unpaired) electrons. The van der Waals surface area contributed by atoms with E-state index >= 15 is 0 Å². The first-order valence-electron chi connectivity index (χ1n) is 10.4. The second-order valence-electron chi connectivity index (χ2n) is 7.82. The van der Waals surface area contributed by atoms with E-state index in [4.69, 9.17) is 0 Å². The Bertz CT molecular complexity index is 1330. The standard InChI is InChI=1S/C24H25N5O2S/c1-5-17-6-8-18(9-7-17)19-12-20-23(31)26-27-24(29(20)28-19)32-13-21(30)25-22-15(3)10-14(2)11-16(22)4/h6-12H,5,13H2,1-4H3,(H,25,30)(H,26,31). The van der Waals surface area contributed by atoms with Gasteiger partial charge in [0, 0.05) is 11.3 Å². The lowest BCUT2D eigenvalue weighted by molar-refractivity contribution is -0.113. The van der Waals surface area contributed by atoms with Gasteiger partial charge in [0.15, 0.2) is 0 Å². The van der Waals surface area contributed by atoms with Gasteiger partial charge in [-0.1, -0.05) is 60.6 Å². The number of aromatic amines is 1. The Morgan fingerprint density at radius 2 is 1.78 bits per heavy atom. The van der Waals surface area contributed by atoms with Gasteiger partial charge in [0.25, 0.3) is 5.56 Å². The topological polar surface area (TPSA) is 92.1 Å². The summed E-state index contributed by atoms with van der Waals surface area (Å²) in [5.41, 5.74) is 6.94. The number of aromatic nitrogens is 4. The van der Waals surface area contributed by atoms with E-state index in [9.17, 15) is 9.59 Å². The van der Waals surface area contributed by atoms with Crippen LogP contribution in [-0.2, 0) is 11.2 Å².